The second-order valence-electron chi connectivity index (χ2n) is 2.08. The quantitative estimate of drug-likeness (QED) is 0.436. The molecule has 0 aromatic heterocycles. The molecule has 1 aliphatic carbocycles. The fourth-order valence-corrected chi connectivity index (χ4v) is 0.621. The summed E-state index contributed by atoms with van der Waals surface area (Å²) < 4.78 is 0. The first-order chi connectivity index (χ1) is 3.21. The molecule has 0 spiro atoms. The zero-order valence-electron chi connectivity index (χ0n) is 4.36. The molecule has 0 fully saturated rings. The second kappa shape index (κ2) is 1.24. The monoisotopic (exact) mass is 96.1 g/mol. The van der Waals surface area contributed by atoms with Crippen LogP contribution in [0.5, 0.6) is 0 Å². The van der Waals surface area contributed by atoms with E-state index in [1.54, 1.807) is 6.92 Å². The minimum Gasteiger partial charge on any atom is -0.378 e. The Balaban J connectivity index is 2.64. The molecule has 1 unspecified atom stereocenters. The molecule has 1 atom stereocenters. The van der Waals surface area contributed by atoms with Crippen LogP contribution in [0.3, 0.4) is 0 Å². The Bertz CT molecular complexity index is 125. The number of hydrogen-bond acceptors (Lipinski definition) is 1. The maximum absolute atomic E-state index is 9.02. The van der Waals surface area contributed by atoms with E-state index in [1.165, 1.54) is 0 Å². The molecule has 38 valence electrons. The third kappa shape index (κ3) is 0.942. The van der Waals surface area contributed by atoms with Gasteiger partial charge in [0.15, 0.2) is 0 Å². The highest BCUT2D eigenvalue weighted by molar-refractivity contribution is 5.18. The fourth-order valence-electron chi connectivity index (χ4n) is 0.621. The van der Waals surface area contributed by atoms with Crippen LogP contribution in [0.1, 0.15) is 19.8 Å². The molecule has 0 heterocycles. The molecule has 1 nitrogen and oxygen atoms in total. The van der Waals surface area contributed by atoms with Gasteiger partial charge in [-0.15, -0.1) is 5.92 Å². The van der Waals surface area contributed by atoms with Gasteiger partial charge in [0.25, 0.3) is 0 Å². The lowest BCUT2D eigenvalue weighted by molar-refractivity contribution is 0.120. The summed E-state index contributed by atoms with van der Waals surface area (Å²) in [5.41, 5.74) is -0.667. The zero-order chi connectivity index (χ0) is 5.33. The molecule has 7 heavy (non-hydrogen) atoms. The largest absolute Gasteiger partial charge is 0.378 e. The average molecular weight is 96.1 g/mol. The summed E-state index contributed by atoms with van der Waals surface area (Å²) in [5.74, 6) is 5.51. The summed E-state index contributed by atoms with van der Waals surface area (Å²) in [6.45, 7) is 1.74. The average Bonchev–Trinajstić information content (AvgIpc) is 1.84. The maximum atomic E-state index is 9.02. The molecule has 1 rings (SSSR count). The molecular weight excluding hydrogens is 88.1 g/mol. The summed E-state index contributed by atoms with van der Waals surface area (Å²) >= 11 is 0. The molecule has 0 aromatic rings. The van der Waals surface area contributed by atoms with E-state index in [4.69, 9.17) is 5.11 Å². The first kappa shape index (κ1) is 4.67. The van der Waals surface area contributed by atoms with Gasteiger partial charge in [0.2, 0.25) is 0 Å². The Hall–Kier alpha value is -0.480. The van der Waals surface area contributed by atoms with Gasteiger partial charge < -0.3 is 5.11 Å². The molecule has 0 amide bonds. The predicted molar refractivity (Wildman–Crippen MR) is 27.6 cm³/mol. The number of aliphatic hydroxyl groups is 1. The van der Waals surface area contributed by atoms with Crippen LogP contribution in [0.2, 0.25) is 0 Å². The Morgan fingerprint density at radius 2 is 2.43 bits per heavy atom. The van der Waals surface area contributed by atoms with Gasteiger partial charge in [-0.2, -0.15) is 0 Å². The molecular formula is C6H8O. The van der Waals surface area contributed by atoms with Crippen molar-refractivity contribution in [2.75, 3.05) is 0 Å². The predicted octanol–water partition coefficient (Wildman–Crippen LogP) is 0.535. The van der Waals surface area contributed by atoms with Gasteiger partial charge in [-0.05, 0) is 13.3 Å². The standard InChI is InChI=1S/C6H8O/c1-6(7)4-2-3-5-6/h7H,2,4H2,1H3. The van der Waals surface area contributed by atoms with Crippen molar-refractivity contribution in [3.63, 3.8) is 0 Å². The van der Waals surface area contributed by atoms with Gasteiger partial charge in [0.1, 0.15) is 5.60 Å². The van der Waals surface area contributed by atoms with E-state index >= 15 is 0 Å². The first-order valence-corrected chi connectivity index (χ1v) is 2.43. The smallest absolute Gasteiger partial charge is 0.123 e. The highest BCUT2D eigenvalue weighted by Crippen LogP contribution is 2.14. The fraction of sp³-hybridized carbons (Fsp3) is 0.667. The third-order valence-corrected chi connectivity index (χ3v) is 1.09. The van der Waals surface area contributed by atoms with Crippen molar-refractivity contribution < 1.29 is 5.11 Å². The highest BCUT2D eigenvalue weighted by atomic mass is 16.3. The zero-order valence-corrected chi connectivity index (χ0v) is 4.36. The van der Waals surface area contributed by atoms with Gasteiger partial charge in [-0.1, -0.05) is 5.92 Å². The molecule has 0 saturated carbocycles. The van der Waals surface area contributed by atoms with Crippen molar-refractivity contribution in [3.05, 3.63) is 0 Å². The topological polar surface area (TPSA) is 20.2 Å². The van der Waals surface area contributed by atoms with Crippen molar-refractivity contribution in [2.45, 2.75) is 25.4 Å². The highest BCUT2D eigenvalue weighted by Gasteiger charge is 2.18. The van der Waals surface area contributed by atoms with E-state index in [0.717, 1.165) is 12.8 Å². The maximum Gasteiger partial charge on any atom is 0.123 e. The van der Waals surface area contributed by atoms with Crippen molar-refractivity contribution in [1.82, 2.24) is 0 Å². The third-order valence-electron chi connectivity index (χ3n) is 1.09. The van der Waals surface area contributed by atoms with Crippen molar-refractivity contribution >= 4 is 0 Å². The summed E-state index contributed by atoms with van der Waals surface area (Å²) in [7, 11) is 0. The van der Waals surface area contributed by atoms with Crippen LogP contribution in [0.15, 0.2) is 0 Å². The van der Waals surface area contributed by atoms with Crippen LogP contribution >= 0.6 is 0 Å². The van der Waals surface area contributed by atoms with Crippen LogP contribution < -0.4 is 0 Å². The molecule has 1 N–H and O–H groups in total. The Morgan fingerprint density at radius 1 is 1.71 bits per heavy atom. The van der Waals surface area contributed by atoms with Crippen LogP contribution in [-0.4, -0.2) is 10.7 Å². The van der Waals surface area contributed by atoms with Crippen LogP contribution in [0.4, 0.5) is 0 Å². The lowest BCUT2D eigenvalue weighted by Gasteiger charge is -2.08. The van der Waals surface area contributed by atoms with Gasteiger partial charge >= 0.3 is 0 Å². The summed E-state index contributed by atoms with van der Waals surface area (Å²) in [6.07, 6.45) is 1.64. The first-order valence-electron chi connectivity index (χ1n) is 2.43. The summed E-state index contributed by atoms with van der Waals surface area (Å²) in [4.78, 5) is 0. The van der Waals surface area contributed by atoms with Crippen molar-refractivity contribution in [1.29, 1.82) is 0 Å². The Kier molecular flexibility index (Phi) is 0.831. The van der Waals surface area contributed by atoms with E-state index < -0.39 is 5.60 Å². The van der Waals surface area contributed by atoms with Crippen LogP contribution in [0.25, 0.3) is 0 Å². The number of hydrogen-bond donors (Lipinski definition) is 1. The molecule has 1 heteroatoms. The van der Waals surface area contributed by atoms with Crippen molar-refractivity contribution in [3.8, 4) is 11.8 Å². The molecule has 0 bridgehead atoms. The number of rotatable bonds is 0. The molecule has 0 aromatic carbocycles. The Labute approximate surface area is 43.4 Å². The molecule has 0 aliphatic heterocycles. The van der Waals surface area contributed by atoms with E-state index in [9.17, 15) is 0 Å². The van der Waals surface area contributed by atoms with Gasteiger partial charge in [-0.25, -0.2) is 0 Å². The van der Waals surface area contributed by atoms with E-state index in [0.29, 0.717) is 0 Å². The SMILES string of the molecule is CC1(O)C#CCC1. The van der Waals surface area contributed by atoms with Gasteiger partial charge in [-0.3, -0.25) is 0 Å². The van der Waals surface area contributed by atoms with Crippen LogP contribution in [-0.2, 0) is 0 Å². The van der Waals surface area contributed by atoms with Crippen LogP contribution in [0, 0.1) is 11.8 Å². The summed E-state index contributed by atoms with van der Waals surface area (Å²) in [5, 5.41) is 9.02. The second-order valence-corrected chi connectivity index (χ2v) is 2.08. The summed E-state index contributed by atoms with van der Waals surface area (Å²) in [6, 6.07) is 0. The minimum atomic E-state index is -0.667. The molecule has 0 radical (unpaired) electrons. The lowest BCUT2D eigenvalue weighted by Crippen LogP contribution is -2.16. The molecule has 0 saturated heterocycles. The normalized spacial score (nSPS) is 37.4. The van der Waals surface area contributed by atoms with E-state index in [-0.39, 0.29) is 0 Å². The minimum absolute atomic E-state index is 0.667. The van der Waals surface area contributed by atoms with E-state index in [1.807, 2.05) is 0 Å². The van der Waals surface area contributed by atoms with Gasteiger partial charge in [0.05, 0.1) is 0 Å². The van der Waals surface area contributed by atoms with Crippen molar-refractivity contribution in [2.24, 2.45) is 0 Å². The Morgan fingerprint density at radius 3 is 2.57 bits per heavy atom. The van der Waals surface area contributed by atoms with E-state index in [2.05, 4.69) is 11.8 Å². The van der Waals surface area contributed by atoms with Gasteiger partial charge in [0, 0.05) is 6.42 Å². The molecule has 1 aliphatic rings. The lowest BCUT2D eigenvalue weighted by atomic mass is 10.1.